The molecule has 12 heteroatoms. The van der Waals surface area contributed by atoms with Crippen molar-refractivity contribution in [2.24, 2.45) is 0 Å². The molecule has 0 amide bonds. The molecule has 5 aromatic rings. The van der Waals surface area contributed by atoms with Gasteiger partial charge in [-0.1, -0.05) is 11.3 Å². The fourth-order valence-corrected chi connectivity index (χ4v) is 5.31. The van der Waals surface area contributed by atoms with Crippen molar-refractivity contribution in [3.05, 3.63) is 52.3 Å². The first-order chi connectivity index (χ1) is 16.2. The lowest BCUT2D eigenvalue weighted by Gasteiger charge is -2.31. The first kappa shape index (κ1) is 20.0. The first-order valence-corrected chi connectivity index (χ1v) is 11.6. The molecule has 0 saturated carbocycles. The molecule has 0 aromatic carbocycles. The number of furan rings is 1. The van der Waals surface area contributed by atoms with Crippen LogP contribution in [-0.4, -0.2) is 58.7 Å². The van der Waals surface area contributed by atoms with Crippen molar-refractivity contribution in [2.75, 3.05) is 25.4 Å². The molecule has 5 aromatic heterocycles. The lowest BCUT2D eigenvalue weighted by atomic mass is 9.93. The lowest BCUT2D eigenvalue weighted by molar-refractivity contribution is 0.204. The van der Waals surface area contributed by atoms with Crippen molar-refractivity contribution in [2.45, 2.75) is 25.3 Å². The molecule has 0 bridgehead atoms. The summed E-state index contributed by atoms with van der Waals surface area (Å²) in [5.74, 6) is 1.57. The van der Waals surface area contributed by atoms with Gasteiger partial charge in [-0.3, -0.25) is 9.36 Å². The minimum Gasteiger partial charge on any atom is -0.461 e. The Bertz CT molecular complexity index is 1460. The number of rotatable bonds is 5. The minimum atomic E-state index is -0.0802. The summed E-state index contributed by atoms with van der Waals surface area (Å²) in [6.07, 6.45) is 7.04. The number of aromatic nitrogens is 7. The van der Waals surface area contributed by atoms with Gasteiger partial charge >= 0.3 is 4.87 Å². The van der Waals surface area contributed by atoms with Gasteiger partial charge < -0.3 is 15.1 Å². The number of fused-ring (bicyclic) bond motifs is 3. The van der Waals surface area contributed by atoms with E-state index in [2.05, 4.69) is 29.9 Å². The van der Waals surface area contributed by atoms with Crippen molar-refractivity contribution in [3.8, 4) is 11.6 Å². The molecule has 1 aliphatic heterocycles. The maximum absolute atomic E-state index is 12.8. The van der Waals surface area contributed by atoms with Gasteiger partial charge in [-0.2, -0.15) is 9.50 Å². The fraction of sp³-hybridized carbons (Fsp3) is 0.333. The molecule has 0 spiro atoms. The van der Waals surface area contributed by atoms with E-state index in [1.165, 1.54) is 4.52 Å². The summed E-state index contributed by atoms with van der Waals surface area (Å²) >= 11 is 1.11. The maximum atomic E-state index is 12.8. The third-order valence-corrected chi connectivity index (χ3v) is 7.07. The van der Waals surface area contributed by atoms with E-state index in [-0.39, 0.29) is 10.8 Å². The number of nitrogen functional groups attached to an aromatic ring is 1. The molecular weight excluding hydrogens is 442 g/mol. The second-order valence-electron chi connectivity index (χ2n) is 8.04. The lowest BCUT2D eigenvalue weighted by Crippen LogP contribution is -2.36. The van der Waals surface area contributed by atoms with E-state index in [0.29, 0.717) is 40.0 Å². The summed E-state index contributed by atoms with van der Waals surface area (Å²) in [6.45, 7) is 3.22. The quantitative estimate of drug-likeness (QED) is 0.415. The van der Waals surface area contributed by atoms with E-state index < -0.39 is 0 Å². The standard InChI is InChI=1S/C21H21N9O2S/c22-20-26-18-16(19-25-17(27-30(19)20)15-2-1-11-32-15)33-21(31)29(18)10-9-28-7-4-13(5-8-28)14-3-6-23-12-24-14/h1-3,6,11-13H,4-5,7-10H2,(H2,22,26). The van der Waals surface area contributed by atoms with Gasteiger partial charge in [0.25, 0.3) is 0 Å². The predicted molar refractivity (Wildman–Crippen MR) is 123 cm³/mol. The Morgan fingerprint density at radius 2 is 2.03 bits per heavy atom. The maximum Gasteiger partial charge on any atom is 0.309 e. The van der Waals surface area contributed by atoms with Gasteiger partial charge in [0.1, 0.15) is 11.0 Å². The number of hydrogen-bond donors (Lipinski definition) is 1. The zero-order valence-electron chi connectivity index (χ0n) is 17.7. The van der Waals surface area contributed by atoms with Crippen LogP contribution >= 0.6 is 11.3 Å². The largest absolute Gasteiger partial charge is 0.461 e. The predicted octanol–water partition coefficient (Wildman–Crippen LogP) is 2.01. The van der Waals surface area contributed by atoms with Crippen LogP contribution in [0.3, 0.4) is 0 Å². The Morgan fingerprint density at radius 3 is 2.79 bits per heavy atom. The van der Waals surface area contributed by atoms with E-state index in [9.17, 15) is 4.79 Å². The van der Waals surface area contributed by atoms with Crippen molar-refractivity contribution < 1.29 is 4.42 Å². The Balaban J connectivity index is 1.23. The fourth-order valence-electron chi connectivity index (χ4n) is 4.37. The van der Waals surface area contributed by atoms with Crippen LogP contribution in [0.1, 0.15) is 24.5 Å². The van der Waals surface area contributed by atoms with Crippen molar-refractivity contribution >= 4 is 33.3 Å². The summed E-state index contributed by atoms with van der Waals surface area (Å²) < 4.78 is 9.21. The summed E-state index contributed by atoms with van der Waals surface area (Å²) in [5.41, 5.74) is 8.33. The third kappa shape index (κ3) is 3.56. The Labute approximate surface area is 191 Å². The van der Waals surface area contributed by atoms with Crippen LogP contribution < -0.4 is 10.6 Å². The Kier molecular flexibility index (Phi) is 4.88. The second-order valence-corrected chi connectivity index (χ2v) is 9.00. The molecule has 168 valence electrons. The van der Waals surface area contributed by atoms with Crippen LogP contribution in [0.5, 0.6) is 0 Å². The Hall–Kier alpha value is -3.64. The summed E-state index contributed by atoms with van der Waals surface area (Å²) in [7, 11) is 0. The molecule has 1 saturated heterocycles. The number of nitrogens with zero attached hydrogens (tertiary/aromatic N) is 8. The van der Waals surface area contributed by atoms with Gasteiger partial charge in [0, 0.05) is 30.9 Å². The zero-order valence-corrected chi connectivity index (χ0v) is 18.5. The smallest absolute Gasteiger partial charge is 0.309 e. The molecule has 6 rings (SSSR count). The topological polar surface area (TPSA) is 133 Å². The highest BCUT2D eigenvalue weighted by atomic mass is 32.1. The highest BCUT2D eigenvalue weighted by Crippen LogP contribution is 2.27. The molecule has 1 aliphatic rings. The van der Waals surface area contributed by atoms with Crippen LogP contribution in [0.2, 0.25) is 0 Å². The third-order valence-electron chi connectivity index (χ3n) is 6.11. The first-order valence-electron chi connectivity index (χ1n) is 10.7. The molecule has 2 N–H and O–H groups in total. The van der Waals surface area contributed by atoms with Crippen LogP contribution in [0.15, 0.2) is 46.2 Å². The number of thiazole rings is 1. The molecule has 0 aliphatic carbocycles. The van der Waals surface area contributed by atoms with E-state index in [1.54, 1.807) is 35.5 Å². The van der Waals surface area contributed by atoms with Crippen molar-refractivity contribution in [3.63, 3.8) is 0 Å². The molecular formula is C21H21N9O2S. The average Bonchev–Trinajstić information content (AvgIpc) is 3.58. The summed E-state index contributed by atoms with van der Waals surface area (Å²) in [4.78, 5) is 32.6. The van der Waals surface area contributed by atoms with E-state index >= 15 is 0 Å². The van der Waals surface area contributed by atoms with Crippen LogP contribution in [-0.2, 0) is 6.54 Å². The van der Waals surface area contributed by atoms with Crippen molar-refractivity contribution in [1.82, 2.24) is 39.0 Å². The van der Waals surface area contributed by atoms with Crippen molar-refractivity contribution in [1.29, 1.82) is 0 Å². The van der Waals surface area contributed by atoms with Crippen LogP contribution in [0, 0.1) is 0 Å². The molecule has 6 heterocycles. The highest BCUT2D eigenvalue weighted by Gasteiger charge is 2.23. The summed E-state index contributed by atoms with van der Waals surface area (Å²) in [6, 6.07) is 5.54. The molecule has 0 radical (unpaired) electrons. The van der Waals surface area contributed by atoms with Gasteiger partial charge in [0.2, 0.25) is 11.8 Å². The van der Waals surface area contributed by atoms with Gasteiger partial charge in [-0.25, -0.2) is 15.0 Å². The number of nitrogens with two attached hydrogens (primary N) is 1. The number of piperidine rings is 1. The molecule has 0 unspecified atom stereocenters. The normalized spacial score (nSPS) is 15.6. The SMILES string of the molecule is Nc1nc2c(sc(=O)n2CCN2CCC(c3ccncn3)CC2)c2nc(-c3ccco3)nn12. The summed E-state index contributed by atoms with van der Waals surface area (Å²) in [5, 5.41) is 4.40. The number of likely N-dealkylation sites (tertiary alicyclic amines) is 1. The van der Waals surface area contributed by atoms with E-state index in [4.69, 9.17) is 10.2 Å². The second kappa shape index (κ2) is 8.05. The van der Waals surface area contributed by atoms with Crippen LogP contribution in [0.25, 0.3) is 27.6 Å². The highest BCUT2D eigenvalue weighted by molar-refractivity contribution is 7.17. The van der Waals surface area contributed by atoms with Gasteiger partial charge in [-0.15, -0.1) is 5.10 Å². The Morgan fingerprint density at radius 1 is 1.15 bits per heavy atom. The van der Waals surface area contributed by atoms with E-state index in [1.807, 2.05) is 6.07 Å². The zero-order chi connectivity index (χ0) is 22.4. The molecule has 1 fully saturated rings. The van der Waals surface area contributed by atoms with E-state index in [0.717, 1.165) is 49.5 Å². The molecule has 33 heavy (non-hydrogen) atoms. The minimum absolute atomic E-state index is 0.0802. The number of anilines is 1. The molecule has 11 nitrogen and oxygen atoms in total. The number of hydrogen-bond acceptors (Lipinski definition) is 10. The van der Waals surface area contributed by atoms with Gasteiger partial charge in [0.15, 0.2) is 17.1 Å². The van der Waals surface area contributed by atoms with Gasteiger partial charge in [-0.05, 0) is 44.1 Å². The average molecular weight is 464 g/mol. The van der Waals surface area contributed by atoms with Crippen LogP contribution in [0.4, 0.5) is 5.95 Å². The molecule has 0 atom stereocenters. The van der Waals surface area contributed by atoms with Gasteiger partial charge in [0.05, 0.1) is 6.26 Å². The monoisotopic (exact) mass is 463 g/mol.